The van der Waals surface area contributed by atoms with E-state index in [-0.39, 0.29) is 0 Å². The van der Waals surface area contributed by atoms with Gasteiger partial charge in [0.25, 0.3) is 0 Å². The molecule has 5 heteroatoms. The summed E-state index contributed by atoms with van der Waals surface area (Å²) in [7, 11) is 0. The van der Waals surface area contributed by atoms with Gasteiger partial charge in [-0.05, 0) is 51.4 Å². The summed E-state index contributed by atoms with van der Waals surface area (Å²) < 4.78 is 11.0. The Morgan fingerprint density at radius 1 is 0.917 bits per heavy atom. The van der Waals surface area contributed by atoms with E-state index in [1.807, 2.05) is 6.92 Å². The summed E-state index contributed by atoms with van der Waals surface area (Å²) in [5.74, 6) is 4.57. The summed E-state index contributed by atoms with van der Waals surface area (Å²) in [4.78, 5) is 4.70. The van der Waals surface area contributed by atoms with Gasteiger partial charge in [-0.3, -0.25) is 0 Å². The molecule has 0 saturated heterocycles. The first-order chi connectivity index (χ1) is 11.8. The second-order valence-corrected chi connectivity index (χ2v) is 7.67. The normalized spacial score (nSPS) is 25.9. The van der Waals surface area contributed by atoms with Crippen LogP contribution in [-0.4, -0.2) is 15.3 Å². The highest BCUT2D eigenvalue weighted by Gasteiger charge is 2.27. The average Bonchev–Trinajstić information content (AvgIpc) is 3.26. The van der Waals surface area contributed by atoms with Gasteiger partial charge in [-0.15, -0.1) is 0 Å². The predicted molar refractivity (Wildman–Crippen MR) is 89.8 cm³/mol. The van der Waals surface area contributed by atoms with E-state index in [1.54, 1.807) is 0 Å². The van der Waals surface area contributed by atoms with Crippen LogP contribution in [0.15, 0.2) is 15.1 Å². The third kappa shape index (κ3) is 3.55. The Morgan fingerprint density at radius 3 is 2.42 bits per heavy atom. The van der Waals surface area contributed by atoms with Crippen LogP contribution in [0.1, 0.15) is 92.8 Å². The van der Waals surface area contributed by atoms with Gasteiger partial charge < -0.3 is 9.05 Å². The number of hydrogen-bond acceptors (Lipinski definition) is 5. The van der Waals surface area contributed by atoms with Crippen LogP contribution in [0.25, 0.3) is 0 Å². The highest BCUT2D eigenvalue weighted by Crippen LogP contribution is 2.37. The lowest BCUT2D eigenvalue weighted by molar-refractivity contribution is 0.258. The maximum Gasteiger partial charge on any atom is 0.226 e. The van der Waals surface area contributed by atoms with Crippen LogP contribution >= 0.6 is 0 Å². The van der Waals surface area contributed by atoms with Crippen molar-refractivity contribution in [2.24, 2.45) is 5.92 Å². The summed E-state index contributed by atoms with van der Waals surface area (Å²) in [5, 5.41) is 8.28. The molecule has 4 rings (SSSR count). The van der Waals surface area contributed by atoms with Crippen LogP contribution in [0.5, 0.6) is 0 Å². The van der Waals surface area contributed by atoms with Crippen molar-refractivity contribution >= 4 is 0 Å². The summed E-state index contributed by atoms with van der Waals surface area (Å²) >= 11 is 0. The molecule has 0 unspecified atom stereocenters. The molecule has 5 nitrogen and oxygen atoms in total. The first kappa shape index (κ1) is 15.9. The van der Waals surface area contributed by atoms with Gasteiger partial charge >= 0.3 is 0 Å². The standard InChI is InChI=1S/C19H27N3O2/c1-13-11-17(23-21-13)15-9-7-14(8-10-15)12-18-20-19(22-24-18)16-5-3-2-4-6-16/h11,14-16H,2-10,12H2,1H3. The summed E-state index contributed by atoms with van der Waals surface area (Å²) in [6.07, 6.45) is 12.1. The SMILES string of the molecule is Cc1cc(C2CCC(Cc3nc(C4CCCCC4)no3)CC2)on1. The van der Waals surface area contributed by atoms with Crippen LogP contribution in [0.3, 0.4) is 0 Å². The molecule has 0 aromatic carbocycles. The van der Waals surface area contributed by atoms with Crippen LogP contribution in [0, 0.1) is 12.8 Å². The minimum Gasteiger partial charge on any atom is -0.361 e. The minimum atomic E-state index is 0.529. The first-order valence-electron chi connectivity index (χ1n) is 9.53. The van der Waals surface area contributed by atoms with E-state index < -0.39 is 0 Å². The smallest absolute Gasteiger partial charge is 0.226 e. The minimum absolute atomic E-state index is 0.529. The van der Waals surface area contributed by atoms with E-state index in [0.29, 0.717) is 17.8 Å². The fourth-order valence-corrected chi connectivity index (χ4v) is 4.35. The topological polar surface area (TPSA) is 65.0 Å². The van der Waals surface area contributed by atoms with Crippen LogP contribution in [0.2, 0.25) is 0 Å². The van der Waals surface area contributed by atoms with Gasteiger partial charge in [0.05, 0.1) is 5.69 Å². The molecule has 0 atom stereocenters. The molecule has 2 aliphatic rings. The van der Waals surface area contributed by atoms with Crippen LogP contribution in [-0.2, 0) is 6.42 Å². The van der Waals surface area contributed by atoms with E-state index >= 15 is 0 Å². The molecular weight excluding hydrogens is 302 g/mol. The fraction of sp³-hybridized carbons (Fsp3) is 0.737. The Labute approximate surface area is 143 Å². The summed E-state index contributed by atoms with van der Waals surface area (Å²) in [5.41, 5.74) is 0.980. The Morgan fingerprint density at radius 2 is 1.71 bits per heavy atom. The van der Waals surface area contributed by atoms with Gasteiger partial charge in [-0.25, -0.2) is 0 Å². The molecular formula is C19H27N3O2. The molecule has 2 aliphatic carbocycles. The molecule has 0 aliphatic heterocycles. The molecule has 2 heterocycles. The Balaban J connectivity index is 1.30. The maximum atomic E-state index is 5.55. The van der Waals surface area contributed by atoms with E-state index in [0.717, 1.165) is 29.6 Å². The first-order valence-corrected chi connectivity index (χ1v) is 9.53. The van der Waals surface area contributed by atoms with Crippen molar-refractivity contribution in [3.05, 3.63) is 29.2 Å². The van der Waals surface area contributed by atoms with Crippen molar-refractivity contribution in [3.63, 3.8) is 0 Å². The highest BCUT2D eigenvalue weighted by molar-refractivity contribution is 5.09. The lowest BCUT2D eigenvalue weighted by Gasteiger charge is -2.25. The molecule has 2 aromatic rings. The second kappa shape index (κ2) is 7.08. The van der Waals surface area contributed by atoms with E-state index in [4.69, 9.17) is 14.0 Å². The molecule has 0 N–H and O–H groups in total. The van der Waals surface area contributed by atoms with E-state index in [1.165, 1.54) is 57.8 Å². The molecule has 2 aromatic heterocycles. The van der Waals surface area contributed by atoms with Gasteiger partial charge in [0.1, 0.15) is 5.76 Å². The van der Waals surface area contributed by atoms with Crippen LogP contribution < -0.4 is 0 Å². The van der Waals surface area contributed by atoms with Crippen molar-refractivity contribution in [2.75, 3.05) is 0 Å². The van der Waals surface area contributed by atoms with Crippen molar-refractivity contribution < 1.29 is 9.05 Å². The van der Waals surface area contributed by atoms with Gasteiger partial charge in [-0.1, -0.05) is 29.6 Å². The van der Waals surface area contributed by atoms with Crippen LogP contribution in [0.4, 0.5) is 0 Å². The molecule has 130 valence electrons. The number of aryl methyl sites for hydroxylation is 1. The van der Waals surface area contributed by atoms with E-state index in [9.17, 15) is 0 Å². The molecule has 0 spiro atoms. The van der Waals surface area contributed by atoms with Crippen molar-refractivity contribution in [1.82, 2.24) is 15.3 Å². The summed E-state index contributed by atoms with van der Waals surface area (Å²) in [6.45, 7) is 1.98. The Kier molecular flexibility index (Phi) is 4.67. The quantitative estimate of drug-likeness (QED) is 0.795. The van der Waals surface area contributed by atoms with Crippen molar-refractivity contribution in [1.29, 1.82) is 0 Å². The molecule has 2 fully saturated rings. The zero-order valence-corrected chi connectivity index (χ0v) is 14.5. The second-order valence-electron chi connectivity index (χ2n) is 7.67. The fourth-order valence-electron chi connectivity index (χ4n) is 4.35. The monoisotopic (exact) mass is 329 g/mol. The largest absolute Gasteiger partial charge is 0.361 e. The van der Waals surface area contributed by atoms with Gasteiger partial charge in [0, 0.05) is 24.3 Å². The van der Waals surface area contributed by atoms with Gasteiger partial charge in [0.2, 0.25) is 5.89 Å². The highest BCUT2D eigenvalue weighted by atomic mass is 16.5. The number of aromatic nitrogens is 3. The van der Waals surface area contributed by atoms with Crippen molar-refractivity contribution in [2.45, 2.75) is 83.0 Å². The Hall–Kier alpha value is -1.65. The average molecular weight is 329 g/mol. The molecule has 24 heavy (non-hydrogen) atoms. The lowest BCUT2D eigenvalue weighted by Crippen LogP contribution is -2.15. The number of rotatable bonds is 4. The zero-order chi connectivity index (χ0) is 16.4. The lowest BCUT2D eigenvalue weighted by atomic mass is 9.79. The van der Waals surface area contributed by atoms with Crippen molar-refractivity contribution in [3.8, 4) is 0 Å². The number of nitrogens with zero attached hydrogens (tertiary/aromatic N) is 3. The Bertz CT molecular complexity index is 649. The third-order valence-electron chi connectivity index (χ3n) is 5.81. The number of hydrogen-bond donors (Lipinski definition) is 0. The predicted octanol–water partition coefficient (Wildman–Crippen LogP) is 4.93. The molecule has 0 radical (unpaired) electrons. The zero-order valence-electron chi connectivity index (χ0n) is 14.5. The van der Waals surface area contributed by atoms with E-state index in [2.05, 4.69) is 16.4 Å². The maximum absolute atomic E-state index is 5.55. The van der Waals surface area contributed by atoms with Gasteiger partial charge in [-0.2, -0.15) is 4.98 Å². The molecule has 0 bridgehead atoms. The third-order valence-corrected chi connectivity index (χ3v) is 5.81. The molecule has 2 saturated carbocycles. The molecule has 0 amide bonds. The van der Waals surface area contributed by atoms with Gasteiger partial charge in [0.15, 0.2) is 5.82 Å². The summed E-state index contributed by atoms with van der Waals surface area (Å²) in [6, 6.07) is 2.08.